The normalized spacial score (nSPS) is 21.4. The van der Waals surface area contributed by atoms with E-state index in [0.29, 0.717) is 11.6 Å². The molecule has 6 heteroatoms. The van der Waals surface area contributed by atoms with Crippen LogP contribution in [0.3, 0.4) is 0 Å². The van der Waals surface area contributed by atoms with Gasteiger partial charge in [0, 0.05) is 37.8 Å². The third-order valence-corrected chi connectivity index (χ3v) is 7.00. The third-order valence-electron chi connectivity index (χ3n) is 7.00. The number of likely N-dealkylation sites (tertiary alicyclic amines) is 2. The van der Waals surface area contributed by atoms with Crippen LogP contribution in [0.4, 0.5) is 0 Å². The number of carbonyl (C=O) groups is 1. The number of carbonyl (C=O) groups excluding carboxylic acids is 1. The Kier molecular flexibility index (Phi) is 6.34. The van der Waals surface area contributed by atoms with E-state index in [9.17, 15) is 4.79 Å². The molecule has 0 aliphatic carbocycles. The number of amides is 1. The van der Waals surface area contributed by atoms with E-state index in [4.69, 9.17) is 9.97 Å². The van der Waals surface area contributed by atoms with Crippen molar-refractivity contribution in [3.05, 3.63) is 35.2 Å². The van der Waals surface area contributed by atoms with E-state index in [1.165, 1.54) is 25.9 Å². The molecular formula is C24H35N5O. The zero-order valence-electron chi connectivity index (χ0n) is 18.9. The Bertz CT molecular complexity index is 906. The van der Waals surface area contributed by atoms with Crippen molar-refractivity contribution in [1.29, 1.82) is 0 Å². The molecule has 1 atom stereocenters. The fraction of sp³-hybridized carbons (Fsp3) is 0.625. The molecule has 0 radical (unpaired) electrons. The zero-order chi connectivity index (χ0) is 21.3. The lowest BCUT2D eigenvalue weighted by Crippen LogP contribution is -2.45. The van der Waals surface area contributed by atoms with E-state index in [-0.39, 0.29) is 11.9 Å². The Morgan fingerprint density at radius 3 is 2.37 bits per heavy atom. The van der Waals surface area contributed by atoms with Crippen LogP contribution in [-0.4, -0.2) is 82.9 Å². The lowest BCUT2D eigenvalue weighted by atomic mass is 10.0. The number of hydrogen-bond acceptors (Lipinski definition) is 5. The summed E-state index contributed by atoms with van der Waals surface area (Å²) in [6, 6.07) is 6.73. The van der Waals surface area contributed by atoms with Crippen molar-refractivity contribution >= 4 is 16.9 Å². The summed E-state index contributed by atoms with van der Waals surface area (Å²) in [7, 11) is 4.16. The molecule has 0 spiro atoms. The molecule has 1 aromatic heterocycles. The maximum Gasteiger partial charge on any atom is 0.253 e. The van der Waals surface area contributed by atoms with Crippen molar-refractivity contribution in [2.24, 2.45) is 0 Å². The molecule has 2 saturated heterocycles. The molecule has 2 aliphatic rings. The number of fused-ring (bicyclic) bond motifs is 1. The maximum absolute atomic E-state index is 13.2. The van der Waals surface area contributed by atoms with E-state index in [1.807, 2.05) is 30.1 Å². The minimum absolute atomic E-state index is 0.0894. The van der Waals surface area contributed by atoms with Crippen LogP contribution in [-0.2, 0) is 12.8 Å². The van der Waals surface area contributed by atoms with Gasteiger partial charge in [-0.15, -0.1) is 0 Å². The molecule has 0 bridgehead atoms. The first-order valence-corrected chi connectivity index (χ1v) is 11.5. The Morgan fingerprint density at radius 2 is 1.70 bits per heavy atom. The highest BCUT2D eigenvalue weighted by atomic mass is 16.2. The number of aryl methyl sites for hydroxylation is 2. The van der Waals surface area contributed by atoms with Gasteiger partial charge >= 0.3 is 0 Å². The van der Waals surface area contributed by atoms with E-state index >= 15 is 0 Å². The molecule has 4 rings (SSSR count). The van der Waals surface area contributed by atoms with Crippen LogP contribution >= 0.6 is 0 Å². The molecule has 2 fully saturated rings. The van der Waals surface area contributed by atoms with Gasteiger partial charge in [0.2, 0.25) is 0 Å². The summed E-state index contributed by atoms with van der Waals surface area (Å²) in [5.74, 6) is 0.0894. The molecule has 0 N–H and O–H groups in total. The predicted molar refractivity (Wildman–Crippen MR) is 121 cm³/mol. The van der Waals surface area contributed by atoms with Crippen molar-refractivity contribution in [1.82, 2.24) is 24.7 Å². The minimum atomic E-state index is 0.0894. The SMILES string of the molecule is CCc1nc2ccc(C(=O)N(C)C3CCN(C4CCN(C)CC4)C3)cc2nc1CC. The summed E-state index contributed by atoms with van der Waals surface area (Å²) >= 11 is 0. The Hall–Kier alpha value is -2.05. The summed E-state index contributed by atoms with van der Waals surface area (Å²) in [6.07, 6.45) is 5.28. The first-order valence-electron chi connectivity index (χ1n) is 11.5. The smallest absolute Gasteiger partial charge is 0.253 e. The van der Waals surface area contributed by atoms with Crippen LogP contribution in [0.25, 0.3) is 11.0 Å². The van der Waals surface area contributed by atoms with Crippen molar-refractivity contribution in [3.63, 3.8) is 0 Å². The Labute approximate surface area is 180 Å². The summed E-state index contributed by atoms with van der Waals surface area (Å²) in [5, 5.41) is 0. The largest absolute Gasteiger partial charge is 0.337 e. The van der Waals surface area contributed by atoms with Crippen molar-refractivity contribution < 1.29 is 4.79 Å². The number of aromatic nitrogens is 2. The predicted octanol–water partition coefficient (Wildman–Crippen LogP) is 3.00. The van der Waals surface area contributed by atoms with Gasteiger partial charge in [-0.2, -0.15) is 0 Å². The van der Waals surface area contributed by atoms with Crippen molar-refractivity contribution in [2.45, 2.75) is 58.0 Å². The number of rotatable bonds is 5. The second kappa shape index (κ2) is 8.98. The molecule has 30 heavy (non-hydrogen) atoms. The highest BCUT2D eigenvalue weighted by molar-refractivity contribution is 5.97. The van der Waals surface area contributed by atoms with Crippen LogP contribution in [0.15, 0.2) is 18.2 Å². The van der Waals surface area contributed by atoms with Gasteiger partial charge < -0.3 is 9.80 Å². The lowest BCUT2D eigenvalue weighted by Gasteiger charge is -2.35. The second-order valence-corrected chi connectivity index (χ2v) is 8.92. The number of likely N-dealkylation sites (N-methyl/N-ethyl adjacent to an activating group) is 1. The maximum atomic E-state index is 13.2. The number of hydrogen-bond donors (Lipinski definition) is 0. The fourth-order valence-electron chi connectivity index (χ4n) is 4.97. The summed E-state index contributed by atoms with van der Waals surface area (Å²) in [6.45, 7) is 8.66. The van der Waals surface area contributed by atoms with E-state index in [2.05, 4.69) is 30.7 Å². The molecule has 0 saturated carbocycles. The number of piperidine rings is 1. The second-order valence-electron chi connectivity index (χ2n) is 8.92. The lowest BCUT2D eigenvalue weighted by molar-refractivity contribution is 0.0721. The molecule has 1 unspecified atom stereocenters. The van der Waals surface area contributed by atoms with Gasteiger partial charge in [0.1, 0.15) is 0 Å². The van der Waals surface area contributed by atoms with Gasteiger partial charge in [-0.05, 0) is 70.4 Å². The van der Waals surface area contributed by atoms with Gasteiger partial charge in [0.05, 0.1) is 22.4 Å². The monoisotopic (exact) mass is 409 g/mol. The average molecular weight is 410 g/mol. The number of benzene rings is 1. The van der Waals surface area contributed by atoms with Crippen LogP contribution in [0, 0.1) is 0 Å². The number of nitrogens with zero attached hydrogens (tertiary/aromatic N) is 5. The van der Waals surface area contributed by atoms with Gasteiger partial charge in [0.25, 0.3) is 5.91 Å². The van der Waals surface area contributed by atoms with Gasteiger partial charge in [-0.3, -0.25) is 9.69 Å². The summed E-state index contributed by atoms with van der Waals surface area (Å²) < 4.78 is 0. The first-order chi connectivity index (χ1) is 14.5. The van der Waals surface area contributed by atoms with Crippen LogP contribution < -0.4 is 0 Å². The molecular weight excluding hydrogens is 374 g/mol. The van der Waals surface area contributed by atoms with Crippen molar-refractivity contribution in [3.8, 4) is 0 Å². The van der Waals surface area contributed by atoms with E-state index in [0.717, 1.165) is 54.8 Å². The van der Waals surface area contributed by atoms with Crippen LogP contribution in [0.5, 0.6) is 0 Å². The molecule has 2 aliphatic heterocycles. The quantitative estimate of drug-likeness (QED) is 0.760. The van der Waals surface area contributed by atoms with Gasteiger partial charge in [-0.1, -0.05) is 13.8 Å². The van der Waals surface area contributed by atoms with E-state index in [1.54, 1.807) is 0 Å². The summed E-state index contributed by atoms with van der Waals surface area (Å²) in [4.78, 5) is 29.8. The van der Waals surface area contributed by atoms with Crippen LogP contribution in [0.2, 0.25) is 0 Å². The Morgan fingerprint density at radius 1 is 1.03 bits per heavy atom. The van der Waals surface area contributed by atoms with Gasteiger partial charge in [-0.25, -0.2) is 9.97 Å². The summed E-state index contributed by atoms with van der Waals surface area (Å²) in [5.41, 5.74) is 4.50. The standard InChI is InChI=1S/C24H35N5O/c1-5-20-21(6-2)26-23-15-17(7-8-22(23)25-20)24(30)28(4)19-11-14-29(16-19)18-9-12-27(3)13-10-18/h7-8,15,18-19H,5-6,9-14,16H2,1-4H3. The van der Waals surface area contributed by atoms with E-state index < -0.39 is 0 Å². The average Bonchev–Trinajstić information content (AvgIpc) is 3.27. The highest BCUT2D eigenvalue weighted by Gasteiger charge is 2.33. The van der Waals surface area contributed by atoms with Crippen molar-refractivity contribution in [2.75, 3.05) is 40.3 Å². The van der Waals surface area contributed by atoms with Gasteiger partial charge in [0.15, 0.2) is 0 Å². The minimum Gasteiger partial charge on any atom is -0.337 e. The fourth-order valence-corrected chi connectivity index (χ4v) is 4.97. The highest BCUT2D eigenvalue weighted by Crippen LogP contribution is 2.24. The molecule has 1 aromatic carbocycles. The topological polar surface area (TPSA) is 52.6 Å². The Balaban J connectivity index is 1.46. The third kappa shape index (κ3) is 4.21. The molecule has 1 amide bonds. The molecule has 2 aromatic rings. The molecule has 162 valence electrons. The van der Waals surface area contributed by atoms with Crippen LogP contribution in [0.1, 0.15) is 54.9 Å². The zero-order valence-corrected chi connectivity index (χ0v) is 18.9. The first kappa shape index (κ1) is 21.2. The molecule has 3 heterocycles. The molecule has 6 nitrogen and oxygen atoms in total.